The van der Waals surface area contributed by atoms with Crippen molar-refractivity contribution in [1.82, 2.24) is 0 Å². The molecule has 0 saturated carbocycles. The zero-order chi connectivity index (χ0) is 21.1. The van der Waals surface area contributed by atoms with E-state index >= 15 is 0 Å². The van der Waals surface area contributed by atoms with Crippen LogP contribution in [0.25, 0.3) is 0 Å². The Morgan fingerprint density at radius 2 is 1.96 bits per heavy atom. The predicted molar refractivity (Wildman–Crippen MR) is 95.4 cm³/mol. The molecule has 0 bridgehead atoms. The molecule has 0 saturated heterocycles. The van der Waals surface area contributed by atoms with Crippen molar-refractivity contribution < 1.29 is 32.4 Å². The van der Waals surface area contributed by atoms with Crippen LogP contribution in [0.4, 0.5) is 24.5 Å². The number of nitro benzene ring substituents is 1. The molecule has 11 heteroatoms. The van der Waals surface area contributed by atoms with Gasteiger partial charge in [-0.3, -0.25) is 14.9 Å². The third kappa shape index (κ3) is 5.06. The first-order valence-electron chi connectivity index (χ1n) is 7.94. The summed E-state index contributed by atoms with van der Waals surface area (Å²) in [5.74, 6) is -1.65. The maximum atomic E-state index is 12.7. The molecule has 0 atom stereocenters. The number of amides is 1. The van der Waals surface area contributed by atoms with Crippen molar-refractivity contribution in [2.75, 3.05) is 11.9 Å². The molecule has 2 rings (SSSR count). The lowest BCUT2D eigenvalue weighted by molar-refractivity contribution is -0.384. The average molecular weight is 416 g/mol. The van der Waals surface area contributed by atoms with E-state index < -0.39 is 46.5 Å². The van der Waals surface area contributed by atoms with Crippen molar-refractivity contribution in [2.45, 2.75) is 26.4 Å². The van der Waals surface area contributed by atoms with Crippen molar-refractivity contribution in [2.24, 2.45) is 0 Å². The minimum atomic E-state index is -4.76. The number of rotatable bonds is 6. The molecule has 7 nitrogen and oxygen atoms in total. The molecule has 150 valence electrons. The number of esters is 1. The Morgan fingerprint density at radius 3 is 2.50 bits per heavy atom. The normalized spacial score (nSPS) is 11.2. The minimum absolute atomic E-state index is 0.308. The van der Waals surface area contributed by atoms with Crippen LogP contribution in [0.2, 0.25) is 0 Å². The highest BCUT2D eigenvalue weighted by atomic mass is 32.1. The van der Waals surface area contributed by atoms with Crippen LogP contribution in [-0.2, 0) is 22.1 Å². The number of thiophene rings is 1. The van der Waals surface area contributed by atoms with Gasteiger partial charge in [0.15, 0.2) is 6.61 Å². The number of hydrogen-bond donors (Lipinski definition) is 1. The highest BCUT2D eigenvalue weighted by molar-refractivity contribution is 7.14. The van der Waals surface area contributed by atoms with Crippen LogP contribution in [0, 0.1) is 17.0 Å². The third-order valence-corrected chi connectivity index (χ3v) is 4.81. The number of anilines is 1. The molecule has 28 heavy (non-hydrogen) atoms. The molecule has 1 amide bonds. The molecule has 1 aromatic heterocycles. The Kier molecular flexibility index (Phi) is 6.39. The van der Waals surface area contributed by atoms with E-state index in [1.807, 2.05) is 13.8 Å². The average Bonchev–Trinajstić information content (AvgIpc) is 2.99. The number of nitrogens with one attached hydrogen (secondary N) is 1. The van der Waals surface area contributed by atoms with E-state index in [0.29, 0.717) is 17.0 Å². The molecule has 0 aliphatic heterocycles. The number of aryl methyl sites for hydroxylation is 2. The highest BCUT2D eigenvalue weighted by Crippen LogP contribution is 2.35. The molecule has 0 unspecified atom stereocenters. The van der Waals surface area contributed by atoms with Gasteiger partial charge in [0.2, 0.25) is 0 Å². The van der Waals surface area contributed by atoms with Gasteiger partial charge >= 0.3 is 12.1 Å². The minimum Gasteiger partial charge on any atom is -0.451 e. The van der Waals surface area contributed by atoms with Crippen molar-refractivity contribution in [3.8, 4) is 0 Å². The summed E-state index contributed by atoms with van der Waals surface area (Å²) in [5.41, 5.74) is -1.60. The van der Waals surface area contributed by atoms with E-state index in [4.69, 9.17) is 4.74 Å². The number of carbonyl (C=O) groups is 2. The topological polar surface area (TPSA) is 98.5 Å². The monoisotopic (exact) mass is 416 g/mol. The summed E-state index contributed by atoms with van der Waals surface area (Å²) in [4.78, 5) is 35.1. The summed E-state index contributed by atoms with van der Waals surface area (Å²) in [5, 5.41) is 13.1. The highest BCUT2D eigenvalue weighted by Gasteiger charge is 2.33. The number of carbonyl (C=O) groups excluding carboxylic acids is 2. The van der Waals surface area contributed by atoms with Crippen LogP contribution in [0.15, 0.2) is 24.3 Å². The molecular weight excluding hydrogens is 401 g/mol. The van der Waals surface area contributed by atoms with Crippen LogP contribution in [-0.4, -0.2) is 23.4 Å². The Balaban J connectivity index is 2.06. The number of benzene rings is 1. The van der Waals surface area contributed by atoms with Crippen molar-refractivity contribution >= 4 is 34.6 Å². The third-order valence-electron chi connectivity index (χ3n) is 3.73. The number of nitrogens with zero attached hydrogens (tertiary/aromatic N) is 1. The van der Waals surface area contributed by atoms with Gasteiger partial charge in [-0.15, -0.1) is 11.3 Å². The van der Waals surface area contributed by atoms with E-state index in [9.17, 15) is 32.9 Å². The van der Waals surface area contributed by atoms with Crippen LogP contribution in [0.1, 0.15) is 32.6 Å². The van der Waals surface area contributed by atoms with E-state index in [0.717, 1.165) is 22.9 Å². The largest absolute Gasteiger partial charge is 0.451 e. The fraction of sp³-hybridized carbons (Fsp3) is 0.294. The summed E-state index contributed by atoms with van der Waals surface area (Å²) in [6, 6.07) is 3.36. The molecule has 0 radical (unpaired) electrons. The summed E-state index contributed by atoms with van der Waals surface area (Å²) in [6.07, 6.45) is -4.04. The molecule has 0 spiro atoms. The van der Waals surface area contributed by atoms with E-state index in [2.05, 4.69) is 5.32 Å². The van der Waals surface area contributed by atoms with Gasteiger partial charge in [0.05, 0.1) is 10.5 Å². The zero-order valence-electron chi connectivity index (χ0n) is 14.8. The van der Waals surface area contributed by atoms with E-state index in [1.54, 1.807) is 6.07 Å². The van der Waals surface area contributed by atoms with Crippen molar-refractivity contribution in [3.63, 3.8) is 0 Å². The smallest absolute Gasteiger partial charge is 0.416 e. The first-order valence-corrected chi connectivity index (χ1v) is 8.76. The molecule has 0 aliphatic carbocycles. The van der Waals surface area contributed by atoms with Crippen LogP contribution >= 0.6 is 11.3 Å². The summed E-state index contributed by atoms with van der Waals surface area (Å²) in [7, 11) is 0. The molecule has 0 fully saturated rings. The molecule has 0 aliphatic rings. The lowest BCUT2D eigenvalue weighted by atomic mass is 10.1. The van der Waals surface area contributed by atoms with Gasteiger partial charge in [-0.25, -0.2) is 4.79 Å². The van der Waals surface area contributed by atoms with Crippen LogP contribution in [0.5, 0.6) is 0 Å². The Labute approximate surface area is 161 Å². The first-order chi connectivity index (χ1) is 13.0. The van der Waals surface area contributed by atoms with Gasteiger partial charge in [-0.05, 0) is 37.1 Å². The summed E-state index contributed by atoms with van der Waals surface area (Å²) >= 11 is 1.21. The van der Waals surface area contributed by atoms with Crippen molar-refractivity contribution in [1.29, 1.82) is 0 Å². The Hall–Kier alpha value is -2.95. The van der Waals surface area contributed by atoms with Crippen LogP contribution in [0.3, 0.4) is 0 Å². The fourth-order valence-corrected chi connectivity index (χ4v) is 3.33. The van der Waals surface area contributed by atoms with E-state index in [1.165, 1.54) is 11.3 Å². The lowest BCUT2D eigenvalue weighted by Gasteiger charge is -2.10. The number of ether oxygens (including phenoxy) is 1. The summed E-state index contributed by atoms with van der Waals surface area (Å²) < 4.78 is 42.9. The second-order valence-corrected chi connectivity index (χ2v) is 6.91. The first kappa shape index (κ1) is 21.4. The molecule has 1 N–H and O–H groups in total. The van der Waals surface area contributed by atoms with E-state index in [-0.39, 0.29) is 0 Å². The van der Waals surface area contributed by atoms with Gasteiger partial charge in [-0.1, -0.05) is 6.92 Å². The van der Waals surface area contributed by atoms with Gasteiger partial charge in [-0.2, -0.15) is 13.2 Å². The van der Waals surface area contributed by atoms with Crippen molar-refractivity contribution in [3.05, 3.63) is 55.3 Å². The number of hydrogen-bond acceptors (Lipinski definition) is 6. The number of halogens is 3. The molecular formula is C17H15F3N2O5S. The SMILES string of the molecule is CCc1cc(C(=O)OCC(=O)Nc2ccc(C(F)(F)F)cc2[N+](=O)[O-])sc1C. The predicted octanol–water partition coefficient (Wildman–Crippen LogP) is 4.34. The molecule has 2 aromatic rings. The summed E-state index contributed by atoms with van der Waals surface area (Å²) in [6.45, 7) is 3.03. The second kappa shape index (κ2) is 8.38. The van der Waals surface area contributed by atoms with Gasteiger partial charge in [0, 0.05) is 10.9 Å². The Morgan fingerprint density at radius 1 is 1.29 bits per heavy atom. The maximum absolute atomic E-state index is 12.7. The quantitative estimate of drug-likeness (QED) is 0.429. The fourth-order valence-electron chi connectivity index (χ4n) is 2.32. The second-order valence-electron chi connectivity index (χ2n) is 5.66. The van der Waals surface area contributed by atoms with Gasteiger partial charge in [0.1, 0.15) is 10.6 Å². The number of alkyl halides is 3. The molecule has 1 aromatic carbocycles. The molecule has 1 heterocycles. The number of nitro groups is 1. The standard InChI is InChI=1S/C17H15F3N2O5S/c1-3-10-6-14(28-9(10)2)16(24)27-8-15(23)21-12-5-4-11(17(18,19)20)7-13(12)22(25)26/h4-7H,3,8H2,1-2H3,(H,21,23). The maximum Gasteiger partial charge on any atom is 0.416 e. The lowest BCUT2D eigenvalue weighted by Crippen LogP contribution is -2.21. The van der Waals surface area contributed by atoms with Gasteiger partial charge < -0.3 is 10.1 Å². The van der Waals surface area contributed by atoms with Gasteiger partial charge in [0.25, 0.3) is 11.6 Å². The Bertz CT molecular complexity index is 924. The zero-order valence-corrected chi connectivity index (χ0v) is 15.6. The van der Waals surface area contributed by atoms with Crippen LogP contribution < -0.4 is 5.32 Å².